The molecule has 1 fully saturated rings. The fourth-order valence-electron chi connectivity index (χ4n) is 3.69. The van der Waals surface area contributed by atoms with E-state index in [9.17, 15) is 4.79 Å². The van der Waals surface area contributed by atoms with Crippen molar-refractivity contribution in [2.45, 2.75) is 26.2 Å². The molecule has 0 aromatic carbocycles. The lowest BCUT2D eigenvalue weighted by atomic mass is 10.2. The molecular weight excluding hydrogens is 328 g/mol. The number of carbonyl (C=O) groups excluding carboxylic acids is 1. The lowest BCUT2D eigenvalue weighted by Gasteiger charge is -2.36. The Labute approximate surface area is 153 Å². The first kappa shape index (κ1) is 16.8. The molecule has 2 amide bonds. The summed E-state index contributed by atoms with van der Waals surface area (Å²) in [7, 11) is 0. The second-order valence-electron chi connectivity index (χ2n) is 6.70. The molecule has 0 unspecified atom stereocenters. The number of piperazine rings is 1. The van der Waals surface area contributed by atoms with Crippen LogP contribution in [0.4, 0.5) is 10.6 Å². The van der Waals surface area contributed by atoms with Crippen molar-refractivity contribution in [1.82, 2.24) is 25.2 Å². The van der Waals surface area contributed by atoms with Crippen LogP contribution in [0.3, 0.4) is 0 Å². The maximum atomic E-state index is 12.0. The molecule has 4 rings (SSSR count). The monoisotopic (exact) mass is 352 g/mol. The highest BCUT2D eigenvalue weighted by Crippen LogP contribution is 2.31. The van der Waals surface area contributed by atoms with Gasteiger partial charge in [0.15, 0.2) is 5.82 Å². The highest BCUT2D eigenvalue weighted by molar-refractivity contribution is 5.74. The van der Waals surface area contributed by atoms with Crippen molar-refractivity contribution in [2.24, 2.45) is 0 Å². The number of urea groups is 1. The van der Waals surface area contributed by atoms with Crippen molar-refractivity contribution in [1.29, 1.82) is 0 Å². The van der Waals surface area contributed by atoms with Gasteiger partial charge in [-0.3, -0.25) is 4.98 Å². The zero-order valence-corrected chi connectivity index (χ0v) is 15.1. The molecule has 2 aliphatic rings. The predicted molar refractivity (Wildman–Crippen MR) is 100 cm³/mol. The van der Waals surface area contributed by atoms with Crippen molar-refractivity contribution in [2.75, 3.05) is 37.6 Å². The summed E-state index contributed by atoms with van der Waals surface area (Å²) < 4.78 is 0. The molecule has 1 aliphatic carbocycles. The van der Waals surface area contributed by atoms with Crippen LogP contribution >= 0.6 is 0 Å². The van der Waals surface area contributed by atoms with E-state index >= 15 is 0 Å². The smallest absolute Gasteiger partial charge is 0.317 e. The molecule has 3 heterocycles. The number of amides is 2. The Balaban J connectivity index is 1.59. The van der Waals surface area contributed by atoms with Gasteiger partial charge < -0.3 is 15.1 Å². The van der Waals surface area contributed by atoms with Crippen molar-refractivity contribution in [3.05, 3.63) is 35.8 Å². The summed E-state index contributed by atoms with van der Waals surface area (Å²) in [4.78, 5) is 30.0. The summed E-state index contributed by atoms with van der Waals surface area (Å²) in [5.41, 5.74) is 3.46. The van der Waals surface area contributed by atoms with Gasteiger partial charge in [-0.2, -0.15) is 0 Å². The van der Waals surface area contributed by atoms with Gasteiger partial charge in [0.2, 0.25) is 0 Å². The van der Waals surface area contributed by atoms with E-state index in [0.29, 0.717) is 6.54 Å². The van der Waals surface area contributed by atoms with Gasteiger partial charge in [0.1, 0.15) is 5.82 Å². The van der Waals surface area contributed by atoms with Crippen LogP contribution < -0.4 is 10.2 Å². The van der Waals surface area contributed by atoms with Crippen molar-refractivity contribution in [3.63, 3.8) is 0 Å². The molecular formula is C19H24N6O. The van der Waals surface area contributed by atoms with Crippen LogP contribution in [0.5, 0.6) is 0 Å². The number of rotatable bonds is 3. The Morgan fingerprint density at radius 1 is 1.12 bits per heavy atom. The molecule has 1 saturated heterocycles. The van der Waals surface area contributed by atoms with E-state index in [0.717, 1.165) is 62.6 Å². The fourth-order valence-corrected chi connectivity index (χ4v) is 3.69. The van der Waals surface area contributed by atoms with Gasteiger partial charge in [0, 0.05) is 61.9 Å². The van der Waals surface area contributed by atoms with Crippen LogP contribution in [0.2, 0.25) is 0 Å². The Kier molecular flexibility index (Phi) is 4.69. The minimum Gasteiger partial charge on any atom is -0.353 e. The maximum Gasteiger partial charge on any atom is 0.317 e. The molecule has 2 aromatic heterocycles. The largest absolute Gasteiger partial charge is 0.353 e. The van der Waals surface area contributed by atoms with Crippen LogP contribution in [0.25, 0.3) is 11.4 Å². The summed E-state index contributed by atoms with van der Waals surface area (Å²) in [6, 6.07) is 3.93. The van der Waals surface area contributed by atoms with E-state index in [1.54, 1.807) is 12.4 Å². The number of nitrogens with zero attached hydrogens (tertiary/aromatic N) is 5. The van der Waals surface area contributed by atoms with Gasteiger partial charge in [-0.25, -0.2) is 14.8 Å². The zero-order valence-electron chi connectivity index (χ0n) is 15.1. The average molecular weight is 352 g/mol. The Morgan fingerprint density at radius 3 is 2.62 bits per heavy atom. The average Bonchev–Trinajstić information content (AvgIpc) is 3.17. The molecule has 0 bridgehead atoms. The standard InChI is InChI=1S/C19H24N6O/c1-2-21-19(26)25-12-10-24(11-13-25)18-15-4-3-5-16(15)22-17(23-18)14-6-8-20-9-7-14/h6-9H,2-5,10-13H2,1H3,(H,21,26). The Hall–Kier alpha value is -2.70. The topological polar surface area (TPSA) is 74.2 Å². The summed E-state index contributed by atoms with van der Waals surface area (Å²) in [5, 5.41) is 2.88. The molecule has 136 valence electrons. The number of aromatic nitrogens is 3. The molecule has 0 spiro atoms. The SMILES string of the molecule is CCNC(=O)N1CCN(c2nc(-c3ccncc3)nc3c2CCC3)CC1. The van der Waals surface area contributed by atoms with E-state index in [2.05, 4.69) is 15.2 Å². The molecule has 0 radical (unpaired) electrons. The lowest BCUT2D eigenvalue weighted by molar-refractivity contribution is 0.195. The lowest BCUT2D eigenvalue weighted by Crippen LogP contribution is -2.52. The minimum atomic E-state index is 0.0255. The summed E-state index contributed by atoms with van der Waals surface area (Å²) >= 11 is 0. The van der Waals surface area contributed by atoms with Gasteiger partial charge in [0.05, 0.1) is 0 Å². The predicted octanol–water partition coefficient (Wildman–Crippen LogP) is 1.88. The van der Waals surface area contributed by atoms with E-state index in [-0.39, 0.29) is 6.03 Å². The molecule has 1 N–H and O–H groups in total. The Bertz CT molecular complexity index is 786. The fraction of sp³-hybridized carbons (Fsp3) is 0.474. The second-order valence-corrected chi connectivity index (χ2v) is 6.70. The number of aryl methyl sites for hydroxylation is 1. The van der Waals surface area contributed by atoms with Crippen molar-refractivity contribution < 1.29 is 4.79 Å². The van der Waals surface area contributed by atoms with Gasteiger partial charge in [-0.1, -0.05) is 0 Å². The highest BCUT2D eigenvalue weighted by Gasteiger charge is 2.27. The van der Waals surface area contributed by atoms with E-state index in [1.807, 2.05) is 24.0 Å². The third kappa shape index (κ3) is 3.21. The van der Waals surface area contributed by atoms with Crippen LogP contribution in [0.15, 0.2) is 24.5 Å². The van der Waals surface area contributed by atoms with E-state index in [4.69, 9.17) is 9.97 Å². The first-order chi connectivity index (χ1) is 12.8. The Morgan fingerprint density at radius 2 is 1.88 bits per heavy atom. The molecule has 7 nitrogen and oxygen atoms in total. The number of fused-ring (bicyclic) bond motifs is 1. The highest BCUT2D eigenvalue weighted by atomic mass is 16.2. The van der Waals surface area contributed by atoms with Gasteiger partial charge >= 0.3 is 6.03 Å². The van der Waals surface area contributed by atoms with E-state index < -0.39 is 0 Å². The number of hydrogen-bond donors (Lipinski definition) is 1. The molecule has 2 aromatic rings. The normalized spacial score (nSPS) is 16.5. The number of carbonyl (C=O) groups is 1. The van der Waals surface area contributed by atoms with Crippen molar-refractivity contribution >= 4 is 11.8 Å². The quantitative estimate of drug-likeness (QED) is 0.913. The summed E-state index contributed by atoms with van der Waals surface area (Å²) in [6.07, 6.45) is 6.74. The molecule has 0 saturated carbocycles. The molecule has 1 aliphatic heterocycles. The summed E-state index contributed by atoms with van der Waals surface area (Å²) in [5.74, 6) is 1.82. The third-order valence-corrected chi connectivity index (χ3v) is 5.04. The van der Waals surface area contributed by atoms with Crippen LogP contribution in [0, 0.1) is 0 Å². The molecule has 7 heteroatoms. The summed E-state index contributed by atoms with van der Waals surface area (Å²) in [6.45, 7) is 5.64. The zero-order chi connectivity index (χ0) is 17.9. The van der Waals surface area contributed by atoms with Crippen LogP contribution in [-0.4, -0.2) is 58.6 Å². The second kappa shape index (κ2) is 7.27. The molecule has 0 atom stereocenters. The van der Waals surface area contributed by atoms with Crippen LogP contribution in [0.1, 0.15) is 24.6 Å². The van der Waals surface area contributed by atoms with Crippen molar-refractivity contribution in [3.8, 4) is 11.4 Å². The number of hydrogen-bond acceptors (Lipinski definition) is 5. The number of pyridine rings is 1. The van der Waals surface area contributed by atoms with Crippen LogP contribution in [-0.2, 0) is 12.8 Å². The van der Waals surface area contributed by atoms with Gasteiger partial charge in [-0.15, -0.1) is 0 Å². The number of nitrogens with one attached hydrogen (secondary N) is 1. The first-order valence-electron chi connectivity index (χ1n) is 9.34. The molecule has 26 heavy (non-hydrogen) atoms. The van der Waals surface area contributed by atoms with Gasteiger partial charge in [-0.05, 0) is 38.3 Å². The van der Waals surface area contributed by atoms with Gasteiger partial charge in [0.25, 0.3) is 0 Å². The maximum absolute atomic E-state index is 12.0. The minimum absolute atomic E-state index is 0.0255. The number of anilines is 1. The first-order valence-corrected chi connectivity index (χ1v) is 9.34. The van der Waals surface area contributed by atoms with E-state index in [1.165, 1.54) is 11.3 Å². The third-order valence-electron chi connectivity index (χ3n) is 5.04.